The van der Waals surface area contributed by atoms with E-state index in [-0.39, 0.29) is 47.6 Å². The van der Waals surface area contributed by atoms with E-state index in [2.05, 4.69) is 6.92 Å². The van der Waals surface area contributed by atoms with Gasteiger partial charge in [-0.05, 0) is 75.7 Å². The summed E-state index contributed by atoms with van der Waals surface area (Å²) in [4.78, 5) is 29.1. The number of nitrogens with zero attached hydrogens (tertiary/aromatic N) is 1. The van der Waals surface area contributed by atoms with Crippen molar-refractivity contribution in [3.63, 3.8) is 0 Å². The molecule has 2 N–H and O–H groups in total. The first-order valence-electron chi connectivity index (χ1n) is 12.9. The van der Waals surface area contributed by atoms with Gasteiger partial charge in [0, 0.05) is 23.5 Å². The summed E-state index contributed by atoms with van der Waals surface area (Å²) in [5.74, 6) is -0.583. The fourth-order valence-corrected chi connectivity index (χ4v) is 8.23. The van der Waals surface area contributed by atoms with E-state index >= 15 is 0 Å². The number of carboxylic acid groups (broad SMARTS) is 1. The Hall–Kier alpha value is -1.21. The fourth-order valence-electron chi connectivity index (χ4n) is 5.38. The number of carbonyl (C=O) groups excluding carboxylic acids is 1. The third-order valence-electron chi connectivity index (χ3n) is 7.76. The van der Waals surface area contributed by atoms with Crippen LogP contribution in [0.2, 0.25) is 0 Å². The zero-order chi connectivity index (χ0) is 26.2. The molecule has 0 aromatic carbocycles. The van der Waals surface area contributed by atoms with E-state index in [1.165, 1.54) is 18.0 Å². The molecule has 9 heteroatoms. The van der Waals surface area contributed by atoms with Gasteiger partial charge in [0.2, 0.25) is 13.3 Å². The average Bonchev–Trinajstić information content (AvgIpc) is 3.21. The van der Waals surface area contributed by atoms with Crippen LogP contribution in [-0.2, 0) is 19.3 Å². The molecule has 7 nitrogen and oxygen atoms in total. The van der Waals surface area contributed by atoms with Gasteiger partial charge in [-0.1, -0.05) is 27.7 Å². The number of hydrogen-bond donors (Lipinski definition) is 2. The molecule has 0 radical (unpaired) electrons. The number of rotatable bonds is 7. The third-order valence-corrected chi connectivity index (χ3v) is 12.0. The van der Waals surface area contributed by atoms with Crippen LogP contribution < -0.4 is 4.90 Å². The van der Waals surface area contributed by atoms with Crippen LogP contribution in [0, 0.1) is 11.8 Å². The second-order valence-corrected chi connectivity index (χ2v) is 15.4. The summed E-state index contributed by atoms with van der Waals surface area (Å²) < 4.78 is 18.5. The predicted molar refractivity (Wildman–Crippen MR) is 141 cm³/mol. The second kappa shape index (κ2) is 10.6. The van der Waals surface area contributed by atoms with Crippen LogP contribution in [0.3, 0.4) is 0 Å². The van der Waals surface area contributed by atoms with Crippen molar-refractivity contribution in [2.45, 2.75) is 103 Å². The molecular formula is C26H42NO6PS. The van der Waals surface area contributed by atoms with Crippen molar-refractivity contribution in [2.75, 3.05) is 18.2 Å². The van der Waals surface area contributed by atoms with Crippen LogP contribution in [0.4, 0.5) is 5.69 Å². The summed E-state index contributed by atoms with van der Waals surface area (Å²) in [5.41, 5.74) is 0.220. The Balaban J connectivity index is 1.98. The van der Waals surface area contributed by atoms with Crippen LogP contribution in [0.15, 0.2) is 6.07 Å². The molecule has 2 saturated carbocycles. The molecule has 1 aromatic heterocycles. The summed E-state index contributed by atoms with van der Waals surface area (Å²) in [6.45, 7) is 11.8. The lowest BCUT2D eigenvalue weighted by molar-refractivity contribution is -0.124. The first-order chi connectivity index (χ1) is 16.2. The lowest BCUT2D eigenvalue weighted by Gasteiger charge is -2.43. The van der Waals surface area contributed by atoms with Crippen LogP contribution >= 0.6 is 18.7 Å². The molecule has 2 aliphatic rings. The van der Waals surface area contributed by atoms with E-state index in [0.29, 0.717) is 24.4 Å². The fraction of sp³-hybridized carbons (Fsp3) is 0.769. The van der Waals surface area contributed by atoms with Gasteiger partial charge in [-0.15, -0.1) is 11.3 Å². The molecule has 1 heterocycles. The number of aliphatic hydroxyl groups is 1. The van der Waals surface area contributed by atoms with E-state index in [0.717, 1.165) is 30.6 Å². The largest absolute Gasteiger partial charge is 0.477 e. The Morgan fingerprint density at radius 3 is 2.23 bits per heavy atom. The molecule has 1 atom stereocenters. The maximum Gasteiger partial charge on any atom is 0.348 e. The highest BCUT2D eigenvalue weighted by molar-refractivity contribution is 7.59. The molecule has 0 bridgehead atoms. The quantitative estimate of drug-likeness (QED) is 0.393. The number of amides is 1. The topological polar surface area (TPSA) is 104 Å². The molecular weight excluding hydrogens is 485 g/mol. The highest BCUT2D eigenvalue weighted by Crippen LogP contribution is 2.60. The molecule has 198 valence electrons. The maximum absolute atomic E-state index is 14.0. The summed E-state index contributed by atoms with van der Waals surface area (Å²) in [6, 6.07) is 1.62. The summed E-state index contributed by atoms with van der Waals surface area (Å²) in [6.07, 6.45) is 4.97. The lowest BCUT2D eigenvalue weighted by Crippen LogP contribution is -2.49. The van der Waals surface area contributed by atoms with E-state index in [4.69, 9.17) is 4.52 Å². The third kappa shape index (κ3) is 6.03. The number of anilines is 1. The van der Waals surface area contributed by atoms with Crippen molar-refractivity contribution in [2.24, 2.45) is 11.8 Å². The minimum Gasteiger partial charge on any atom is -0.477 e. The molecule has 0 spiro atoms. The van der Waals surface area contributed by atoms with Gasteiger partial charge in [0.15, 0.2) is 0 Å². The highest BCUT2D eigenvalue weighted by Gasteiger charge is 2.49. The van der Waals surface area contributed by atoms with E-state index in [1.54, 1.807) is 11.8 Å². The predicted octanol–water partition coefficient (Wildman–Crippen LogP) is 6.48. The van der Waals surface area contributed by atoms with Crippen molar-refractivity contribution in [3.8, 4) is 0 Å². The van der Waals surface area contributed by atoms with Gasteiger partial charge in [-0.25, -0.2) is 4.79 Å². The molecule has 35 heavy (non-hydrogen) atoms. The molecule has 3 rings (SSSR count). The molecule has 1 unspecified atom stereocenters. The van der Waals surface area contributed by atoms with E-state index in [1.807, 2.05) is 26.8 Å². The van der Waals surface area contributed by atoms with Crippen molar-refractivity contribution < 1.29 is 28.9 Å². The average molecular weight is 528 g/mol. The minimum atomic E-state index is -3.25. The Morgan fingerprint density at radius 1 is 1.17 bits per heavy atom. The van der Waals surface area contributed by atoms with Gasteiger partial charge < -0.3 is 19.6 Å². The van der Waals surface area contributed by atoms with E-state index < -0.39 is 18.7 Å². The Labute approximate surface area is 213 Å². The molecule has 1 aromatic rings. The zero-order valence-electron chi connectivity index (χ0n) is 22.0. The Bertz CT molecular complexity index is 967. The Morgan fingerprint density at radius 2 is 1.74 bits per heavy atom. The van der Waals surface area contributed by atoms with Gasteiger partial charge >= 0.3 is 5.97 Å². The normalized spacial score (nSPS) is 29.4. The number of carbonyl (C=O) groups is 2. The van der Waals surface area contributed by atoms with E-state index in [9.17, 15) is 24.4 Å². The van der Waals surface area contributed by atoms with Gasteiger partial charge in [0.25, 0.3) is 0 Å². The van der Waals surface area contributed by atoms with Crippen molar-refractivity contribution in [1.82, 2.24) is 0 Å². The minimum absolute atomic E-state index is 0.0161. The molecule has 0 saturated heterocycles. The summed E-state index contributed by atoms with van der Waals surface area (Å²) in [7, 11) is -3.25. The number of carboxylic acids is 1. The van der Waals surface area contributed by atoms with Crippen LogP contribution in [0.5, 0.6) is 0 Å². The van der Waals surface area contributed by atoms with Crippen LogP contribution in [0.1, 0.15) is 101 Å². The van der Waals surface area contributed by atoms with Crippen LogP contribution in [0.25, 0.3) is 0 Å². The smallest absolute Gasteiger partial charge is 0.348 e. The molecule has 1 amide bonds. The maximum atomic E-state index is 14.0. The number of hydrogen-bond acceptors (Lipinski definition) is 6. The standard InChI is InChI=1S/C26H42NO6PS/c1-7-33-34(6,32)26(31)14-12-19(13-15-26)27(23(28)18-10-8-17(2)9-11-18)20-16-21(25(3,4)5)35-22(20)24(29)30/h16-19,31H,7-15H2,1-6H3,(H,29,30)/t17-,18-,19?,26?,34?. The van der Waals surface area contributed by atoms with Crippen molar-refractivity contribution in [1.29, 1.82) is 0 Å². The van der Waals surface area contributed by atoms with Crippen molar-refractivity contribution in [3.05, 3.63) is 15.8 Å². The zero-order valence-corrected chi connectivity index (χ0v) is 23.7. The van der Waals surface area contributed by atoms with Gasteiger partial charge in [-0.3, -0.25) is 9.36 Å². The monoisotopic (exact) mass is 527 g/mol. The van der Waals surface area contributed by atoms with Crippen molar-refractivity contribution >= 4 is 36.3 Å². The first kappa shape index (κ1) is 28.4. The Kier molecular flexibility index (Phi) is 8.63. The number of thiophene rings is 1. The summed E-state index contributed by atoms with van der Waals surface area (Å²) >= 11 is 1.23. The van der Waals surface area contributed by atoms with Crippen LogP contribution in [-0.4, -0.2) is 46.7 Å². The molecule has 2 fully saturated rings. The van der Waals surface area contributed by atoms with Gasteiger partial charge in [-0.2, -0.15) is 0 Å². The molecule has 0 aliphatic heterocycles. The first-order valence-corrected chi connectivity index (χ1v) is 15.7. The second-order valence-electron chi connectivity index (χ2n) is 11.5. The molecule has 2 aliphatic carbocycles. The van der Waals surface area contributed by atoms with Gasteiger partial charge in [0.05, 0.1) is 12.3 Å². The SMILES string of the molecule is CCOP(C)(=O)C1(O)CCC(N(c2cc(C(C)(C)C)sc2C(=O)O)C(=O)[C@H]2CC[C@H](C)CC2)CC1. The summed E-state index contributed by atoms with van der Waals surface area (Å²) in [5, 5.41) is 19.8. The lowest BCUT2D eigenvalue weighted by atomic mass is 9.81. The number of aromatic carboxylic acids is 1. The van der Waals surface area contributed by atoms with Gasteiger partial charge in [0.1, 0.15) is 10.2 Å². The highest BCUT2D eigenvalue weighted by atomic mass is 32.1.